The fraction of sp³-hybridized carbons (Fsp3) is 0.562. The predicted octanol–water partition coefficient (Wildman–Crippen LogP) is 5.50. The molecule has 100 valence electrons. The molecule has 2 aliphatic carbocycles. The molecule has 0 aliphatic heterocycles. The first-order chi connectivity index (χ1) is 9.09. The van der Waals surface area contributed by atoms with Gasteiger partial charge in [0, 0.05) is 0 Å². The Bertz CT molecular complexity index is 530. The van der Waals surface area contributed by atoms with Crippen LogP contribution in [0, 0.1) is 16.7 Å². The maximum atomic E-state index is 9.64. The second-order valence-electron chi connectivity index (χ2n) is 6.24. The van der Waals surface area contributed by atoms with Crippen LogP contribution in [0.1, 0.15) is 50.5 Å². The smallest absolute Gasteiger partial charge is 0.0833 e. The molecule has 1 nitrogen and oxygen atoms in total. The van der Waals surface area contributed by atoms with Crippen molar-refractivity contribution in [3.8, 4) is 6.07 Å². The summed E-state index contributed by atoms with van der Waals surface area (Å²) in [5.41, 5.74) is 1.15. The Balaban J connectivity index is 1.86. The molecule has 0 radical (unpaired) electrons. The summed E-state index contributed by atoms with van der Waals surface area (Å²) in [5, 5.41) is 10.8. The molecular formula is C16H17Cl2N. The van der Waals surface area contributed by atoms with Gasteiger partial charge in [0.25, 0.3) is 0 Å². The molecule has 0 amide bonds. The minimum absolute atomic E-state index is 0.328. The number of hydrogen-bond acceptors (Lipinski definition) is 1. The van der Waals surface area contributed by atoms with E-state index in [0.717, 1.165) is 18.4 Å². The van der Waals surface area contributed by atoms with E-state index in [4.69, 9.17) is 23.2 Å². The fourth-order valence-corrected chi connectivity index (χ4v) is 4.32. The number of hydrogen-bond donors (Lipinski definition) is 0. The zero-order valence-corrected chi connectivity index (χ0v) is 12.4. The van der Waals surface area contributed by atoms with Crippen molar-refractivity contribution < 1.29 is 0 Å². The van der Waals surface area contributed by atoms with E-state index in [1.807, 2.05) is 18.2 Å². The SMILES string of the molecule is N#CC1(c2ccc(Cl)c(Cl)c2)CC2(CCCCC2)C1. The quantitative estimate of drug-likeness (QED) is 0.671. The second kappa shape index (κ2) is 4.69. The van der Waals surface area contributed by atoms with Crippen molar-refractivity contribution in [1.29, 1.82) is 5.26 Å². The number of benzene rings is 1. The van der Waals surface area contributed by atoms with E-state index in [1.165, 1.54) is 32.1 Å². The maximum Gasteiger partial charge on any atom is 0.0833 e. The molecule has 1 aromatic rings. The number of rotatable bonds is 1. The van der Waals surface area contributed by atoms with Gasteiger partial charge in [-0.1, -0.05) is 48.5 Å². The maximum absolute atomic E-state index is 9.64. The highest BCUT2D eigenvalue weighted by molar-refractivity contribution is 6.42. The number of nitrogens with zero attached hydrogens (tertiary/aromatic N) is 1. The molecule has 0 N–H and O–H groups in total. The summed E-state index contributed by atoms with van der Waals surface area (Å²) in [6.45, 7) is 0. The minimum atomic E-state index is -0.328. The van der Waals surface area contributed by atoms with Gasteiger partial charge in [0.15, 0.2) is 0 Å². The third-order valence-corrected chi connectivity index (χ3v) is 5.69. The Morgan fingerprint density at radius 3 is 2.26 bits per heavy atom. The van der Waals surface area contributed by atoms with Crippen LogP contribution in [0.25, 0.3) is 0 Å². The van der Waals surface area contributed by atoms with Gasteiger partial charge in [-0.2, -0.15) is 5.26 Å². The molecule has 3 heteroatoms. The Labute approximate surface area is 124 Å². The van der Waals surface area contributed by atoms with Crippen molar-refractivity contribution >= 4 is 23.2 Å². The second-order valence-corrected chi connectivity index (χ2v) is 7.05. The Morgan fingerprint density at radius 2 is 1.68 bits per heavy atom. The molecule has 0 saturated heterocycles. The molecule has 19 heavy (non-hydrogen) atoms. The molecule has 3 rings (SSSR count). The highest BCUT2D eigenvalue weighted by Crippen LogP contribution is 2.61. The molecule has 2 fully saturated rings. The zero-order chi connectivity index (χ0) is 13.5. The van der Waals surface area contributed by atoms with Crippen molar-refractivity contribution in [1.82, 2.24) is 0 Å². The molecule has 0 atom stereocenters. The molecule has 0 aromatic heterocycles. The molecule has 1 aromatic carbocycles. The van der Waals surface area contributed by atoms with Crippen LogP contribution in [0.5, 0.6) is 0 Å². The van der Waals surface area contributed by atoms with E-state index >= 15 is 0 Å². The summed E-state index contributed by atoms with van der Waals surface area (Å²) >= 11 is 12.1. The highest BCUT2D eigenvalue weighted by Gasteiger charge is 2.55. The lowest BCUT2D eigenvalue weighted by Gasteiger charge is -2.55. The summed E-state index contributed by atoms with van der Waals surface area (Å²) in [6, 6.07) is 8.20. The molecule has 1 spiro atoms. The van der Waals surface area contributed by atoms with Gasteiger partial charge in [0.2, 0.25) is 0 Å². The first-order valence-corrected chi connectivity index (χ1v) is 7.72. The van der Waals surface area contributed by atoms with Crippen LogP contribution in [-0.4, -0.2) is 0 Å². The molecule has 2 saturated carbocycles. The first-order valence-electron chi connectivity index (χ1n) is 6.96. The lowest BCUT2D eigenvalue weighted by molar-refractivity contribution is 0.0169. The highest BCUT2D eigenvalue weighted by atomic mass is 35.5. The van der Waals surface area contributed by atoms with Crippen LogP contribution in [0.15, 0.2) is 18.2 Å². The standard InChI is InChI=1S/C16H17Cl2N/c17-13-5-4-12(8-14(13)18)16(11-19)9-15(10-16)6-2-1-3-7-15/h4-5,8H,1-3,6-7,9-10H2. The Morgan fingerprint density at radius 1 is 1.00 bits per heavy atom. The van der Waals surface area contributed by atoms with Crippen LogP contribution in [0.2, 0.25) is 10.0 Å². The van der Waals surface area contributed by atoms with Gasteiger partial charge in [-0.3, -0.25) is 0 Å². The lowest BCUT2D eigenvalue weighted by Crippen LogP contribution is -2.49. The molecule has 2 aliphatic rings. The average molecular weight is 294 g/mol. The largest absolute Gasteiger partial charge is 0.197 e. The van der Waals surface area contributed by atoms with Gasteiger partial charge in [-0.25, -0.2) is 0 Å². The fourth-order valence-electron chi connectivity index (χ4n) is 4.03. The summed E-state index contributed by atoms with van der Waals surface area (Å²) in [7, 11) is 0. The van der Waals surface area contributed by atoms with Gasteiger partial charge in [-0.15, -0.1) is 0 Å². The first kappa shape index (κ1) is 13.3. The normalized spacial score (nSPS) is 23.6. The van der Waals surface area contributed by atoms with Crippen LogP contribution >= 0.6 is 23.2 Å². The van der Waals surface area contributed by atoms with Gasteiger partial charge in [-0.05, 0) is 48.8 Å². The van der Waals surface area contributed by atoms with Crippen LogP contribution in [0.3, 0.4) is 0 Å². The van der Waals surface area contributed by atoms with E-state index in [9.17, 15) is 5.26 Å². The summed E-state index contributed by atoms with van der Waals surface area (Å²) in [6.07, 6.45) is 8.57. The minimum Gasteiger partial charge on any atom is -0.197 e. The van der Waals surface area contributed by atoms with Gasteiger partial charge < -0.3 is 0 Å². The summed E-state index contributed by atoms with van der Waals surface area (Å²) in [5.74, 6) is 0. The third kappa shape index (κ3) is 2.16. The van der Waals surface area contributed by atoms with Crippen molar-refractivity contribution in [3.05, 3.63) is 33.8 Å². The van der Waals surface area contributed by atoms with Gasteiger partial charge in [0.1, 0.15) is 0 Å². The average Bonchev–Trinajstić information content (AvgIpc) is 2.40. The molecular weight excluding hydrogens is 277 g/mol. The van der Waals surface area contributed by atoms with Gasteiger partial charge >= 0.3 is 0 Å². The van der Waals surface area contributed by atoms with Crippen LogP contribution < -0.4 is 0 Å². The molecule has 0 heterocycles. The Kier molecular flexibility index (Phi) is 3.28. The molecule has 0 bridgehead atoms. The van der Waals surface area contributed by atoms with Crippen molar-refractivity contribution in [2.45, 2.75) is 50.4 Å². The summed E-state index contributed by atoms with van der Waals surface area (Å²) in [4.78, 5) is 0. The van der Waals surface area contributed by atoms with Crippen LogP contribution in [0.4, 0.5) is 0 Å². The van der Waals surface area contributed by atoms with Crippen molar-refractivity contribution in [3.63, 3.8) is 0 Å². The van der Waals surface area contributed by atoms with Crippen molar-refractivity contribution in [2.75, 3.05) is 0 Å². The zero-order valence-electron chi connectivity index (χ0n) is 10.9. The van der Waals surface area contributed by atoms with Crippen LogP contribution in [-0.2, 0) is 5.41 Å². The summed E-state index contributed by atoms with van der Waals surface area (Å²) < 4.78 is 0. The van der Waals surface area contributed by atoms with E-state index in [0.29, 0.717) is 15.5 Å². The van der Waals surface area contributed by atoms with Crippen molar-refractivity contribution in [2.24, 2.45) is 5.41 Å². The van der Waals surface area contributed by atoms with E-state index in [1.54, 1.807) is 0 Å². The predicted molar refractivity (Wildman–Crippen MR) is 78.5 cm³/mol. The van der Waals surface area contributed by atoms with E-state index < -0.39 is 0 Å². The number of halogens is 2. The molecule has 0 unspecified atom stereocenters. The lowest BCUT2D eigenvalue weighted by atomic mass is 9.47. The topological polar surface area (TPSA) is 23.8 Å². The van der Waals surface area contributed by atoms with E-state index in [-0.39, 0.29) is 5.41 Å². The van der Waals surface area contributed by atoms with Gasteiger partial charge in [0.05, 0.1) is 21.5 Å². The van der Waals surface area contributed by atoms with E-state index in [2.05, 4.69) is 6.07 Å². The number of nitriles is 1. The monoisotopic (exact) mass is 293 g/mol. The Hall–Kier alpha value is -0.710. The third-order valence-electron chi connectivity index (χ3n) is 4.95.